The molecule has 1 aromatic carbocycles. The molecule has 0 saturated carbocycles. The summed E-state index contributed by atoms with van der Waals surface area (Å²) < 4.78 is 0. The van der Waals surface area contributed by atoms with E-state index < -0.39 is 23.4 Å². The van der Waals surface area contributed by atoms with Crippen molar-refractivity contribution in [3.63, 3.8) is 0 Å². The van der Waals surface area contributed by atoms with Crippen molar-refractivity contribution in [2.24, 2.45) is 5.92 Å². The first-order valence-electron chi connectivity index (χ1n) is 8.09. The predicted octanol–water partition coefficient (Wildman–Crippen LogP) is 4.62. The number of carbonyl (C=O) groups is 2. The van der Waals surface area contributed by atoms with E-state index in [0.717, 1.165) is 24.0 Å². The summed E-state index contributed by atoms with van der Waals surface area (Å²) in [5.41, 5.74) is 2.94. The van der Waals surface area contributed by atoms with Crippen LogP contribution in [-0.2, 0) is 4.79 Å². The number of carbonyl (C=O) groups excluding carboxylic acids is 2. The van der Waals surface area contributed by atoms with Crippen molar-refractivity contribution >= 4 is 11.6 Å². The van der Waals surface area contributed by atoms with E-state index in [1.165, 1.54) is 6.07 Å². The normalized spacial score (nSPS) is 21.9. The molecule has 0 aliphatic heterocycles. The Morgan fingerprint density at radius 3 is 2.56 bits per heavy atom. The minimum absolute atomic E-state index is 0. The van der Waals surface area contributed by atoms with Crippen LogP contribution in [0.5, 0.6) is 5.75 Å². The second-order valence-electron chi connectivity index (χ2n) is 6.38. The number of rotatable bonds is 3. The summed E-state index contributed by atoms with van der Waals surface area (Å²) in [5, 5.41) is 20.6. The van der Waals surface area contributed by atoms with Crippen LogP contribution in [0.15, 0.2) is 53.3 Å². The van der Waals surface area contributed by atoms with Gasteiger partial charge in [-0.15, -0.1) is 0 Å². The predicted molar refractivity (Wildman–Crippen MR) is 97.9 cm³/mol. The van der Waals surface area contributed by atoms with Gasteiger partial charge < -0.3 is 10.2 Å². The molecule has 0 fully saturated rings. The van der Waals surface area contributed by atoms with E-state index in [2.05, 4.69) is 6.58 Å². The van der Waals surface area contributed by atoms with E-state index in [0.29, 0.717) is 11.1 Å². The van der Waals surface area contributed by atoms with Gasteiger partial charge in [0.15, 0.2) is 0 Å². The number of benzene rings is 1. The Hall–Kier alpha value is -2.62. The van der Waals surface area contributed by atoms with Crippen molar-refractivity contribution in [2.75, 3.05) is 0 Å². The fourth-order valence-electron chi connectivity index (χ4n) is 3.67. The number of hydrogen-bond acceptors (Lipinski definition) is 4. The van der Waals surface area contributed by atoms with Gasteiger partial charge in [0.2, 0.25) is 11.6 Å². The first-order chi connectivity index (χ1) is 11.4. The summed E-state index contributed by atoms with van der Waals surface area (Å²) in [5.74, 6) is -3.07. The number of hydrogen-bond donors (Lipinski definition) is 2. The van der Waals surface area contributed by atoms with E-state index >= 15 is 0 Å². The Balaban J connectivity index is 0.00000225. The SMILES string of the molecule is C.C=C(CCC)C1=CC2c3cccc(O)c3C(=O)C(=O)C2C(O)=C1C. The lowest BCUT2D eigenvalue weighted by atomic mass is 9.67. The van der Waals surface area contributed by atoms with Crippen LogP contribution in [-0.4, -0.2) is 21.8 Å². The molecule has 4 heteroatoms. The quantitative estimate of drug-likeness (QED) is 0.787. The van der Waals surface area contributed by atoms with Crippen LogP contribution in [0.1, 0.15) is 56.0 Å². The molecule has 0 spiro atoms. The number of aliphatic hydroxyl groups excluding tert-OH is 1. The Morgan fingerprint density at radius 1 is 1.24 bits per heavy atom. The fraction of sp³-hybridized carbons (Fsp3) is 0.333. The molecule has 0 amide bonds. The number of ketones is 2. The molecule has 4 nitrogen and oxygen atoms in total. The lowest BCUT2D eigenvalue weighted by molar-refractivity contribution is -0.119. The van der Waals surface area contributed by atoms with Gasteiger partial charge in [-0.05, 0) is 41.7 Å². The fourth-order valence-corrected chi connectivity index (χ4v) is 3.67. The smallest absolute Gasteiger partial charge is 0.233 e. The summed E-state index contributed by atoms with van der Waals surface area (Å²) in [6.45, 7) is 7.88. The molecule has 132 valence electrons. The number of Topliss-reactive ketones (excluding diaryl/α,β-unsaturated/α-hetero) is 2. The number of phenolic OH excluding ortho intramolecular Hbond substituents is 1. The molecule has 3 rings (SSSR count). The second kappa shape index (κ2) is 6.71. The number of aromatic hydroxyl groups is 1. The zero-order valence-electron chi connectivity index (χ0n) is 13.8. The standard InChI is InChI=1S/C20H20O4.CH4/c1-4-6-10(2)13-9-14-12-7-5-8-15(21)16(12)19(23)20(24)17(14)18(22)11(13)3;/h5,7-9,14,17,21-22H,2,4,6H2,1,3H3;1H4. The first kappa shape index (κ1) is 18.7. The van der Waals surface area contributed by atoms with E-state index in [4.69, 9.17) is 0 Å². The molecule has 0 bridgehead atoms. The van der Waals surface area contributed by atoms with Gasteiger partial charge in [0.1, 0.15) is 11.5 Å². The highest BCUT2D eigenvalue weighted by Crippen LogP contribution is 2.47. The number of aliphatic hydroxyl groups is 1. The summed E-state index contributed by atoms with van der Waals surface area (Å²) in [4.78, 5) is 24.9. The van der Waals surface area contributed by atoms with Gasteiger partial charge in [0.05, 0.1) is 11.5 Å². The summed E-state index contributed by atoms with van der Waals surface area (Å²) >= 11 is 0. The van der Waals surface area contributed by atoms with Crippen LogP contribution in [0.4, 0.5) is 0 Å². The van der Waals surface area contributed by atoms with Gasteiger partial charge in [-0.1, -0.05) is 45.6 Å². The highest BCUT2D eigenvalue weighted by Gasteiger charge is 2.46. The Morgan fingerprint density at radius 2 is 1.92 bits per heavy atom. The van der Waals surface area contributed by atoms with Crippen LogP contribution in [0, 0.1) is 5.92 Å². The van der Waals surface area contributed by atoms with Crippen molar-refractivity contribution in [3.8, 4) is 5.75 Å². The third-order valence-electron chi connectivity index (χ3n) is 4.89. The van der Waals surface area contributed by atoms with Crippen LogP contribution < -0.4 is 0 Å². The summed E-state index contributed by atoms with van der Waals surface area (Å²) in [6, 6.07) is 4.77. The molecule has 2 N–H and O–H groups in total. The largest absolute Gasteiger partial charge is 0.511 e. The zero-order valence-corrected chi connectivity index (χ0v) is 13.8. The van der Waals surface area contributed by atoms with Crippen molar-refractivity contribution < 1.29 is 19.8 Å². The Bertz CT molecular complexity index is 826. The maximum absolute atomic E-state index is 12.5. The zero-order chi connectivity index (χ0) is 17.6. The van der Waals surface area contributed by atoms with Crippen molar-refractivity contribution in [2.45, 2.75) is 40.0 Å². The second-order valence-corrected chi connectivity index (χ2v) is 6.38. The van der Waals surface area contributed by atoms with Crippen LogP contribution in [0.25, 0.3) is 0 Å². The third-order valence-corrected chi connectivity index (χ3v) is 4.89. The number of allylic oxidation sites excluding steroid dienone is 5. The van der Waals surface area contributed by atoms with E-state index in [1.807, 2.05) is 13.0 Å². The molecule has 0 saturated heterocycles. The summed E-state index contributed by atoms with van der Waals surface area (Å²) in [6.07, 6.45) is 3.61. The molecule has 2 unspecified atom stereocenters. The average Bonchev–Trinajstić information content (AvgIpc) is 2.55. The topological polar surface area (TPSA) is 74.6 Å². The van der Waals surface area contributed by atoms with Crippen LogP contribution in [0.2, 0.25) is 0 Å². The molecule has 2 aliphatic carbocycles. The molecule has 0 aromatic heterocycles. The lowest BCUT2D eigenvalue weighted by Gasteiger charge is -2.34. The van der Waals surface area contributed by atoms with Crippen LogP contribution in [0.3, 0.4) is 0 Å². The highest BCUT2D eigenvalue weighted by atomic mass is 16.3. The van der Waals surface area contributed by atoms with Gasteiger partial charge in [-0.3, -0.25) is 9.59 Å². The van der Waals surface area contributed by atoms with E-state index in [9.17, 15) is 19.8 Å². The molecule has 0 radical (unpaired) electrons. The molecular formula is C21H24O4. The van der Waals surface area contributed by atoms with Gasteiger partial charge in [0, 0.05) is 5.92 Å². The molecule has 2 aliphatic rings. The molecule has 2 atom stereocenters. The Labute approximate surface area is 148 Å². The lowest BCUT2D eigenvalue weighted by Crippen LogP contribution is -2.38. The van der Waals surface area contributed by atoms with Gasteiger partial charge in [-0.2, -0.15) is 0 Å². The highest BCUT2D eigenvalue weighted by molar-refractivity contribution is 6.47. The summed E-state index contributed by atoms with van der Waals surface area (Å²) in [7, 11) is 0. The maximum Gasteiger partial charge on any atom is 0.233 e. The Kier molecular flexibility index (Phi) is 5.02. The number of phenols is 1. The molecule has 0 heterocycles. The van der Waals surface area contributed by atoms with E-state index in [1.54, 1.807) is 19.1 Å². The average molecular weight is 340 g/mol. The molecule has 25 heavy (non-hydrogen) atoms. The van der Waals surface area contributed by atoms with Crippen molar-refractivity contribution in [1.82, 2.24) is 0 Å². The minimum atomic E-state index is -0.912. The van der Waals surface area contributed by atoms with Crippen molar-refractivity contribution in [3.05, 3.63) is 64.5 Å². The van der Waals surface area contributed by atoms with Gasteiger partial charge in [0.25, 0.3) is 0 Å². The van der Waals surface area contributed by atoms with E-state index in [-0.39, 0.29) is 24.5 Å². The number of fused-ring (bicyclic) bond motifs is 3. The van der Waals surface area contributed by atoms with Crippen LogP contribution >= 0.6 is 0 Å². The molecular weight excluding hydrogens is 316 g/mol. The monoisotopic (exact) mass is 340 g/mol. The maximum atomic E-state index is 12.5. The van der Waals surface area contributed by atoms with Gasteiger partial charge in [-0.25, -0.2) is 0 Å². The third kappa shape index (κ3) is 2.72. The first-order valence-corrected chi connectivity index (χ1v) is 8.09. The van der Waals surface area contributed by atoms with Crippen molar-refractivity contribution in [1.29, 1.82) is 0 Å². The molecule has 1 aromatic rings. The van der Waals surface area contributed by atoms with Gasteiger partial charge >= 0.3 is 0 Å². The minimum Gasteiger partial charge on any atom is -0.511 e.